The lowest BCUT2D eigenvalue weighted by atomic mass is 9.99. The van der Waals surface area contributed by atoms with Gasteiger partial charge in [-0.05, 0) is 69.4 Å². The van der Waals surface area contributed by atoms with E-state index in [1.54, 1.807) is 36.4 Å². The quantitative estimate of drug-likeness (QED) is 0.335. The van der Waals surface area contributed by atoms with Crippen LogP contribution in [0.15, 0.2) is 65.6 Å². The molecule has 0 unspecified atom stereocenters. The average molecular weight is 369 g/mol. The first-order valence-corrected chi connectivity index (χ1v) is 8.93. The highest BCUT2D eigenvalue weighted by Gasteiger charge is 2.22. The minimum Gasteiger partial charge on any atom is -0.508 e. The first kappa shape index (κ1) is 16.1. The van der Waals surface area contributed by atoms with Crippen molar-refractivity contribution in [3.63, 3.8) is 0 Å². The van der Waals surface area contributed by atoms with E-state index in [-0.39, 0.29) is 10.6 Å². The molecule has 8 heteroatoms. The van der Waals surface area contributed by atoms with E-state index < -0.39 is 15.2 Å². The minimum atomic E-state index is -4.54. The molecule has 0 heterocycles. The molecule has 0 spiro atoms. The first-order valence-electron chi connectivity index (χ1n) is 7.52. The zero-order chi connectivity index (χ0) is 18.5. The number of rotatable bonds is 3. The van der Waals surface area contributed by atoms with Crippen LogP contribution in [-0.4, -0.2) is 18.6 Å². The van der Waals surface area contributed by atoms with E-state index in [1.807, 2.05) is 12.1 Å². The summed E-state index contributed by atoms with van der Waals surface area (Å²) in [6.45, 7) is 0. The highest BCUT2D eigenvalue weighted by Crippen LogP contribution is 2.32. The van der Waals surface area contributed by atoms with Crippen LogP contribution in [0.2, 0.25) is 0 Å². The summed E-state index contributed by atoms with van der Waals surface area (Å²) in [5, 5.41) is 23.1. The number of hydrogen-bond donors (Lipinski definition) is 1. The lowest BCUT2D eigenvalue weighted by molar-refractivity contribution is -0.711. The van der Waals surface area contributed by atoms with Crippen LogP contribution >= 0.6 is 0 Å². The van der Waals surface area contributed by atoms with Crippen LogP contribution in [0.3, 0.4) is 0 Å². The van der Waals surface area contributed by atoms with Gasteiger partial charge < -0.3 is 5.11 Å². The summed E-state index contributed by atoms with van der Waals surface area (Å²) in [4.78, 5) is 10.2. The predicted molar refractivity (Wildman–Crippen MR) is 95.9 cm³/mol. The smallest absolute Gasteiger partial charge is 0.334 e. The van der Waals surface area contributed by atoms with Gasteiger partial charge in [0.2, 0.25) is 0 Å². The Hall–Kier alpha value is -3.39. The third kappa shape index (κ3) is 2.66. The van der Waals surface area contributed by atoms with Crippen molar-refractivity contribution in [1.29, 1.82) is 0 Å². The van der Waals surface area contributed by atoms with Gasteiger partial charge in [0, 0.05) is 5.39 Å². The molecule has 0 radical (unpaired) electrons. The zero-order valence-electron chi connectivity index (χ0n) is 13.1. The molecule has 7 nitrogen and oxygen atoms in total. The molecule has 130 valence electrons. The fourth-order valence-electron chi connectivity index (χ4n) is 3.07. The fourth-order valence-corrected chi connectivity index (χ4v) is 4.00. The predicted octanol–water partition coefficient (Wildman–Crippen LogP) is 3.75. The van der Waals surface area contributed by atoms with Gasteiger partial charge in [0.1, 0.15) is 10.6 Å². The van der Waals surface area contributed by atoms with Crippen molar-refractivity contribution in [3.05, 3.63) is 70.8 Å². The van der Waals surface area contributed by atoms with Crippen molar-refractivity contribution in [2.45, 2.75) is 4.90 Å². The Bertz CT molecular complexity index is 1310. The largest absolute Gasteiger partial charge is 0.508 e. The van der Waals surface area contributed by atoms with Crippen LogP contribution < -0.4 is 0 Å². The molecule has 0 saturated carbocycles. The van der Waals surface area contributed by atoms with E-state index in [0.29, 0.717) is 10.8 Å². The lowest BCUT2D eigenvalue weighted by Gasteiger charge is -2.09. The highest BCUT2D eigenvalue weighted by molar-refractivity contribution is 7.86. The minimum absolute atomic E-state index is 0.156. The Kier molecular flexibility index (Phi) is 3.45. The van der Waals surface area contributed by atoms with Crippen LogP contribution in [0.4, 0.5) is 0 Å². The Labute approximate surface area is 147 Å². The zero-order valence-corrected chi connectivity index (χ0v) is 13.9. The molecule has 0 aliphatic heterocycles. The summed E-state index contributed by atoms with van der Waals surface area (Å²) < 4.78 is 28.2. The van der Waals surface area contributed by atoms with Crippen molar-refractivity contribution in [2.24, 2.45) is 0 Å². The summed E-state index contributed by atoms with van der Waals surface area (Å²) in [7, 11) is -4.54. The van der Waals surface area contributed by atoms with Crippen molar-refractivity contribution in [3.8, 4) is 5.75 Å². The summed E-state index contributed by atoms with van der Waals surface area (Å²) in [5.41, 5.74) is 0. The molecule has 0 bridgehead atoms. The molecule has 4 rings (SSSR count). The molecule has 0 aliphatic rings. The Morgan fingerprint density at radius 1 is 0.846 bits per heavy atom. The van der Waals surface area contributed by atoms with E-state index in [4.69, 9.17) is 0 Å². The molecule has 0 amide bonds. The molecular formula is C18H11NO6S. The molecule has 0 saturated heterocycles. The van der Waals surface area contributed by atoms with Gasteiger partial charge in [0.05, 0.1) is 0 Å². The number of phenolic OH excluding ortho intramolecular Hbond substituents is 1. The van der Waals surface area contributed by atoms with Crippen molar-refractivity contribution in [1.82, 2.24) is 0 Å². The maximum atomic E-state index is 12.2. The van der Waals surface area contributed by atoms with Crippen LogP contribution in [0.25, 0.3) is 32.3 Å². The summed E-state index contributed by atoms with van der Waals surface area (Å²) in [6.07, 6.45) is 0. The first-order chi connectivity index (χ1) is 12.3. The van der Waals surface area contributed by atoms with Gasteiger partial charge in [0.15, 0.2) is 0 Å². The highest BCUT2D eigenvalue weighted by atomic mass is 32.2. The Morgan fingerprint density at radius 3 is 2.27 bits per heavy atom. The molecule has 4 aromatic rings. The second-order valence-electron chi connectivity index (χ2n) is 5.81. The molecule has 26 heavy (non-hydrogen) atoms. The molecule has 0 aromatic heterocycles. The number of phenols is 1. The lowest BCUT2D eigenvalue weighted by Crippen LogP contribution is -2.11. The number of nitrogens with zero attached hydrogens (tertiary/aromatic N) is 1. The standard InChI is InChI=1S/C18H11NO6S/c20-16-5-4-11-6-15-10-17-12(7-13(15)8-14(11)9-16)2-1-3-18(17)26(23,24)25-19(21)22/h1-10,20H. The third-order valence-corrected chi connectivity index (χ3v) is 5.38. The van der Waals surface area contributed by atoms with Gasteiger partial charge in [-0.15, -0.1) is 10.1 Å². The van der Waals surface area contributed by atoms with E-state index in [9.17, 15) is 23.6 Å². The SMILES string of the molecule is O=[N+]([O-])OS(=O)(=O)c1cccc2cc3cc4cc(O)ccc4cc3cc12. The van der Waals surface area contributed by atoms with Gasteiger partial charge in [-0.3, -0.25) is 0 Å². The molecule has 4 aromatic carbocycles. The van der Waals surface area contributed by atoms with Gasteiger partial charge in [-0.25, -0.2) is 0 Å². The second-order valence-corrected chi connectivity index (χ2v) is 7.31. The van der Waals surface area contributed by atoms with Crippen LogP contribution in [0.5, 0.6) is 5.75 Å². The molecule has 1 N–H and O–H groups in total. The monoisotopic (exact) mass is 369 g/mol. The van der Waals surface area contributed by atoms with Crippen LogP contribution in [0, 0.1) is 10.1 Å². The molecule has 0 fully saturated rings. The summed E-state index contributed by atoms with van der Waals surface area (Å²) >= 11 is 0. The number of fused-ring (bicyclic) bond motifs is 3. The maximum Gasteiger partial charge on any atom is 0.334 e. The van der Waals surface area contributed by atoms with Crippen molar-refractivity contribution >= 4 is 42.4 Å². The average Bonchev–Trinajstić information content (AvgIpc) is 2.56. The van der Waals surface area contributed by atoms with E-state index in [1.165, 1.54) is 12.1 Å². The molecule has 0 aliphatic carbocycles. The molecule has 0 atom stereocenters. The van der Waals surface area contributed by atoms with Gasteiger partial charge in [0.25, 0.3) is 0 Å². The number of hydrogen-bond acceptors (Lipinski definition) is 6. The molecular weight excluding hydrogens is 358 g/mol. The van der Waals surface area contributed by atoms with Crippen LogP contribution in [-0.2, 0) is 14.4 Å². The Morgan fingerprint density at radius 2 is 1.50 bits per heavy atom. The van der Waals surface area contributed by atoms with E-state index in [2.05, 4.69) is 4.28 Å². The summed E-state index contributed by atoms with van der Waals surface area (Å²) in [5.74, 6) is 0.156. The third-order valence-electron chi connectivity index (χ3n) is 4.16. The van der Waals surface area contributed by atoms with Crippen molar-refractivity contribution in [2.75, 3.05) is 0 Å². The summed E-state index contributed by atoms with van der Waals surface area (Å²) in [6, 6.07) is 16.6. The normalized spacial score (nSPS) is 11.8. The maximum absolute atomic E-state index is 12.2. The fraction of sp³-hybridized carbons (Fsp3) is 0. The van der Waals surface area contributed by atoms with Gasteiger partial charge in [-0.2, -0.15) is 12.7 Å². The van der Waals surface area contributed by atoms with Gasteiger partial charge >= 0.3 is 15.2 Å². The van der Waals surface area contributed by atoms with E-state index >= 15 is 0 Å². The van der Waals surface area contributed by atoms with Gasteiger partial charge in [-0.1, -0.05) is 18.2 Å². The second kappa shape index (κ2) is 5.57. The van der Waals surface area contributed by atoms with E-state index in [0.717, 1.165) is 21.5 Å². The number of aromatic hydroxyl groups is 1. The van der Waals surface area contributed by atoms with Crippen molar-refractivity contribution < 1.29 is 22.9 Å². The Balaban J connectivity index is 2.04. The number of benzene rings is 4. The topological polar surface area (TPSA) is 107 Å². The van der Waals surface area contributed by atoms with Crippen LogP contribution in [0.1, 0.15) is 0 Å².